The number of benzene rings is 2. The van der Waals surface area contributed by atoms with E-state index in [1.54, 1.807) is 38.6 Å². The summed E-state index contributed by atoms with van der Waals surface area (Å²) < 4.78 is 26.1. The number of ether oxygens (including phenoxy) is 2. The molecule has 4 rings (SSSR count). The van der Waals surface area contributed by atoms with Gasteiger partial charge in [-0.2, -0.15) is 0 Å². The molecular formula is C22H20FN3O2. The highest BCUT2D eigenvalue weighted by atomic mass is 19.1. The van der Waals surface area contributed by atoms with E-state index in [2.05, 4.69) is 21.1 Å². The lowest BCUT2D eigenvalue weighted by atomic mass is 9.96. The second-order valence-electron chi connectivity index (χ2n) is 6.43. The monoisotopic (exact) mass is 377 g/mol. The van der Waals surface area contributed by atoms with Crippen LogP contribution < -0.4 is 9.47 Å². The summed E-state index contributed by atoms with van der Waals surface area (Å²) in [6.07, 6.45) is 4.25. The van der Waals surface area contributed by atoms with Crippen molar-refractivity contribution in [1.29, 1.82) is 0 Å². The Kier molecular flexibility index (Phi) is 4.69. The van der Waals surface area contributed by atoms with Crippen molar-refractivity contribution in [1.82, 2.24) is 9.55 Å². The fourth-order valence-electron chi connectivity index (χ4n) is 3.46. The Hall–Kier alpha value is -3.41. The molecule has 0 radical (unpaired) electrons. The van der Waals surface area contributed by atoms with Gasteiger partial charge in [-0.25, -0.2) is 14.4 Å². The van der Waals surface area contributed by atoms with Crippen LogP contribution in [0.4, 0.5) is 10.3 Å². The first kappa shape index (κ1) is 18.0. The van der Waals surface area contributed by atoms with Crippen molar-refractivity contribution in [3.8, 4) is 22.8 Å². The average Bonchev–Trinajstić information content (AvgIpc) is 3.10. The third-order valence-corrected chi connectivity index (χ3v) is 4.84. The van der Waals surface area contributed by atoms with Crippen LogP contribution in [0, 0.1) is 5.82 Å². The zero-order chi connectivity index (χ0) is 19.7. The van der Waals surface area contributed by atoms with Gasteiger partial charge >= 0.3 is 0 Å². The van der Waals surface area contributed by atoms with Crippen LogP contribution in [-0.4, -0.2) is 30.0 Å². The summed E-state index contributed by atoms with van der Waals surface area (Å²) in [5.74, 6) is 1.70. The predicted octanol–water partition coefficient (Wildman–Crippen LogP) is 4.66. The molecule has 3 aromatic rings. The highest BCUT2D eigenvalue weighted by molar-refractivity contribution is 5.83. The first-order valence-corrected chi connectivity index (χ1v) is 8.92. The molecule has 2 heterocycles. The van der Waals surface area contributed by atoms with Crippen molar-refractivity contribution in [2.45, 2.75) is 13.0 Å². The molecule has 0 amide bonds. The number of nitrogens with zero attached hydrogens (tertiary/aromatic N) is 3. The van der Waals surface area contributed by atoms with E-state index in [9.17, 15) is 4.39 Å². The molecule has 6 heteroatoms. The summed E-state index contributed by atoms with van der Waals surface area (Å²) in [4.78, 5) is 9.18. The molecule has 2 aromatic carbocycles. The SMILES string of the molecule is C=Cc1nc(/N=C/c2ccc(F)cc2)n2c1-c1cc(OC)c(OC)cc1CC2. The van der Waals surface area contributed by atoms with E-state index in [4.69, 9.17) is 9.47 Å². The number of aromatic nitrogens is 2. The highest BCUT2D eigenvalue weighted by Gasteiger charge is 2.25. The summed E-state index contributed by atoms with van der Waals surface area (Å²) in [7, 11) is 3.26. The Balaban J connectivity index is 1.80. The number of hydrogen-bond donors (Lipinski definition) is 0. The summed E-state index contributed by atoms with van der Waals surface area (Å²) in [5, 5.41) is 0. The first-order chi connectivity index (χ1) is 13.6. The highest BCUT2D eigenvalue weighted by Crippen LogP contribution is 2.41. The Labute approximate surface area is 162 Å². The summed E-state index contributed by atoms with van der Waals surface area (Å²) in [5.41, 5.74) is 4.74. The minimum absolute atomic E-state index is 0.273. The molecule has 0 aliphatic carbocycles. The average molecular weight is 377 g/mol. The zero-order valence-corrected chi connectivity index (χ0v) is 15.8. The minimum Gasteiger partial charge on any atom is -0.493 e. The number of hydrogen-bond acceptors (Lipinski definition) is 4. The number of methoxy groups -OCH3 is 2. The molecule has 0 fully saturated rings. The lowest BCUT2D eigenvalue weighted by molar-refractivity contribution is 0.354. The Bertz CT molecular complexity index is 1070. The van der Waals surface area contributed by atoms with Crippen LogP contribution in [0.2, 0.25) is 0 Å². The van der Waals surface area contributed by atoms with E-state index in [0.717, 1.165) is 35.5 Å². The second-order valence-corrected chi connectivity index (χ2v) is 6.43. The Morgan fingerprint density at radius 2 is 1.86 bits per heavy atom. The van der Waals surface area contributed by atoms with E-state index in [1.165, 1.54) is 17.7 Å². The zero-order valence-electron chi connectivity index (χ0n) is 15.8. The van der Waals surface area contributed by atoms with E-state index in [1.807, 2.05) is 12.1 Å². The van der Waals surface area contributed by atoms with Crippen LogP contribution in [0.25, 0.3) is 17.3 Å². The van der Waals surface area contributed by atoms with E-state index >= 15 is 0 Å². The van der Waals surface area contributed by atoms with Crippen molar-refractivity contribution < 1.29 is 13.9 Å². The topological polar surface area (TPSA) is 48.6 Å². The number of aliphatic imine (C=N–C) groups is 1. The van der Waals surface area contributed by atoms with Crippen LogP contribution in [0.3, 0.4) is 0 Å². The summed E-state index contributed by atoms with van der Waals surface area (Å²) in [6.45, 7) is 4.65. The fourth-order valence-corrected chi connectivity index (χ4v) is 3.46. The molecule has 0 saturated heterocycles. The summed E-state index contributed by atoms with van der Waals surface area (Å²) in [6, 6.07) is 10.2. The van der Waals surface area contributed by atoms with Gasteiger partial charge in [-0.1, -0.05) is 18.7 Å². The molecular weight excluding hydrogens is 357 g/mol. The van der Waals surface area contributed by atoms with Crippen molar-refractivity contribution in [3.05, 3.63) is 65.6 Å². The van der Waals surface area contributed by atoms with Gasteiger partial charge in [0, 0.05) is 18.3 Å². The molecule has 0 spiro atoms. The molecule has 142 valence electrons. The largest absolute Gasteiger partial charge is 0.493 e. The van der Waals surface area contributed by atoms with Crippen molar-refractivity contribution in [2.75, 3.05) is 14.2 Å². The minimum atomic E-state index is -0.273. The predicted molar refractivity (Wildman–Crippen MR) is 108 cm³/mol. The maximum Gasteiger partial charge on any atom is 0.230 e. The lowest BCUT2D eigenvalue weighted by Crippen LogP contribution is -2.11. The molecule has 1 aromatic heterocycles. The van der Waals surface area contributed by atoms with Gasteiger partial charge in [0.2, 0.25) is 5.95 Å². The van der Waals surface area contributed by atoms with Gasteiger partial charge in [-0.05, 0) is 47.9 Å². The van der Waals surface area contributed by atoms with Crippen LogP contribution in [0.1, 0.15) is 16.8 Å². The number of fused-ring (bicyclic) bond motifs is 3. The molecule has 0 atom stereocenters. The normalized spacial score (nSPS) is 12.5. The first-order valence-electron chi connectivity index (χ1n) is 8.92. The molecule has 0 unspecified atom stereocenters. The Morgan fingerprint density at radius 3 is 2.54 bits per heavy atom. The van der Waals surface area contributed by atoms with Gasteiger partial charge in [0.15, 0.2) is 11.5 Å². The van der Waals surface area contributed by atoms with Crippen molar-refractivity contribution in [2.24, 2.45) is 4.99 Å². The van der Waals surface area contributed by atoms with Crippen LogP contribution >= 0.6 is 0 Å². The fraction of sp³-hybridized carbons (Fsp3) is 0.182. The molecule has 1 aliphatic rings. The smallest absolute Gasteiger partial charge is 0.230 e. The van der Waals surface area contributed by atoms with Gasteiger partial charge < -0.3 is 14.0 Å². The standard InChI is InChI=1S/C22H20FN3O2/c1-4-18-21-17-12-20(28-3)19(27-2)11-15(17)9-10-26(21)22(25-18)24-13-14-5-7-16(23)8-6-14/h4-8,11-13H,1,9-10H2,2-3H3/b24-13+. The maximum atomic E-state index is 13.1. The Morgan fingerprint density at radius 1 is 1.14 bits per heavy atom. The number of aryl methyl sites for hydroxylation is 1. The number of rotatable bonds is 5. The quantitative estimate of drug-likeness (QED) is 0.608. The third kappa shape index (κ3) is 3.07. The van der Waals surface area contributed by atoms with E-state index < -0.39 is 0 Å². The van der Waals surface area contributed by atoms with Crippen molar-refractivity contribution in [3.63, 3.8) is 0 Å². The molecule has 28 heavy (non-hydrogen) atoms. The maximum absolute atomic E-state index is 13.1. The molecule has 0 N–H and O–H groups in total. The van der Waals surface area contributed by atoms with Gasteiger partial charge in [-0.3, -0.25) is 0 Å². The van der Waals surface area contributed by atoms with Crippen molar-refractivity contribution >= 4 is 18.2 Å². The van der Waals surface area contributed by atoms with E-state index in [0.29, 0.717) is 17.4 Å². The van der Waals surface area contributed by atoms with E-state index in [-0.39, 0.29) is 5.82 Å². The molecule has 1 aliphatic heterocycles. The van der Waals surface area contributed by atoms with Crippen LogP contribution in [-0.2, 0) is 13.0 Å². The molecule has 5 nitrogen and oxygen atoms in total. The van der Waals surface area contributed by atoms with Gasteiger partial charge in [0.25, 0.3) is 0 Å². The van der Waals surface area contributed by atoms with Gasteiger partial charge in [0.05, 0.1) is 25.6 Å². The third-order valence-electron chi connectivity index (χ3n) is 4.84. The second kappa shape index (κ2) is 7.31. The molecule has 0 saturated carbocycles. The van der Waals surface area contributed by atoms with Crippen LogP contribution in [0.5, 0.6) is 11.5 Å². The molecule has 0 bridgehead atoms. The van der Waals surface area contributed by atoms with Gasteiger partial charge in [-0.15, -0.1) is 0 Å². The van der Waals surface area contributed by atoms with Crippen LogP contribution in [0.15, 0.2) is 48.0 Å². The van der Waals surface area contributed by atoms with Gasteiger partial charge in [0.1, 0.15) is 5.82 Å². The summed E-state index contributed by atoms with van der Waals surface area (Å²) >= 11 is 0. The lowest BCUT2D eigenvalue weighted by Gasteiger charge is -2.22. The number of imidazole rings is 1. The number of halogens is 1.